The molecule has 0 aliphatic heterocycles. The minimum atomic E-state index is -0.867. The van der Waals surface area contributed by atoms with Crippen molar-refractivity contribution in [3.63, 3.8) is 0 Å². The van der Waals surface area contributed by atoms with Gasteiger partial charge in [0.2, 0.25) is 5.91 Å². The van der Waals surface area contributed by atoms with E-state index in [0.29, 0.717) is 19.4 Å². The van der Waals surface area contributed by atoms with E-state index in [1.165, 1.54) is 180 Å². The van der Waals surface area contributed by atoms with Crippen molar-refractivity contribution in [2.75, 3.05) is 13.2 Å². The summed E-state index contributed by atoms with van der Waals surface area (Å²) < 4.78 is 5.42. The molecule has 62 heavy (non-hydrogen) atoms. The van der Waals surface area contributed by atoms with Gasteiger partial charge in [0.25, 0.3) is 0 Å². The Morgan fingerprint density at radius 2 is 0.758 bits per heavy atom. The topological polar surface area (TPSA) is 95.9 Å². The number of hydrogen-bond donors (Lipinski definition) is 3. The van der Waals surface area contributed by atoms with Crippen molar-refractivity contribution < 1.29 is 24.5 Å². The standard InChI is InChI=1S/C56H105NO5/c1-3-5-7-9-11-13-15-17-18-19-20-21-22-23-24-25-27-28-32-36-40-44-48-54(59)53(52-58)57-55(60)49-45-41-37-33-30-31-35-39-43-47-51-62-56(61)50-46-42-38-34-29-26-16-14-12-10-8-6-4-2/h14,16,31,35,44,48,53-54,58-59H,3-13,15,17-30,32-34,36-43,45-47,49-52H2,1-2H3,(H,57,60)/b16-14-,35-31-,48-44+. The number of aliphatic hydroxyl groups is 2. The first-order valence-corrected chi connectivity index (χ1v) is 27.3. The third kappa shape index (κ3) is 47.6. The number of rotatable bonds is 50. The van der Waals surface area contributed by atoms with Crippen molar-refractivity contribution >= 4 is 11.9 Å². The molecule has 0 aromatic carbocycles. The molecule has 0 saturated carbocycles. The van der Waals surface area contributed by atoms with Crippen LogP contribution >= 0.6 is 0 Å². The molecule has 0 fully saturated rings. The molecule has 3 N–H and O–H groups in total. The van der Waals surface area contributed by atoms with Crippen molar-refractivity contribution in [2.24, 2.45) is 0 Å². The highest BCUT2D eigenvalue weighted by molar-refractivity contribution is 5.76. The number of aliphatic hydroxyl groups excluding tert-OH is 2. The summed E-state index contributed by atoms with van der Waals surface area (Å²) in [5, 5.41) is 23.1. The Kier molecular flexibility index (Phi) is 50.1. The van der Waals surface area contributed by atoms with Crippen molar-refractivity contribution in [3.05, 3.63) is 36.5 Å². The normalized spacial score (nSPS) is 12.9. The Labute approximate surface area is 385 Å². The van der Waals surface area contributed by atoms with Crippen LogP contribution in [0.5, 0.6) is 0 Å². The van der Waals surface area contributed by atoms with Gasteiger partial charge in [0.05, 0.1) is 25.4 Å². The molecule has 0 spiro atoms. The molecule has 1 amide bonds. The number of nitrogens with one attached hydrogen (secondary N) is 1. The van der Waals surface area contributed by atoms with Crippen molar-refractivity contribution in [1.82, 2.24) is 5.32 Å². The highest BCUT2D eigenvalue weighted by atomic mass is 16.5. The van der Waals surface area contributed by atoms with Gasteiger partial charge in [0.1, 0.15) is 0 Å². The van der Waals surface area contributed by atoms with E-state index in [9.17, 15) is 19.8 Å². The first-order chi connectivity index (χ1) is 30.5. The molecular weight excluding hydrogens is 767 g/mol. The fourth-order valence-electron chi connectivity index (χ4n) is 8.15. The Morgan fingerprint density at radius 1 is 0.435 bits per heavy atom. The lowest BCUT2D eigenvalue weighted by molar-refractivity contribution is -0.143. The second-order valence-corrected chi connectivity index (χ2v) is 18.5. The maximum atomic E-state index is 12.5. The molecule has 0 heterocycles. The van der Waals surface area contributed by atoms with Gasteiger partial charge >= 0.3 is 5.97 Å². The summed E-state index contributed by atoms with van der Waals surface area (Å²) in [4.78, 5) is 24.5. The van der Waals surface area contributed by atoms with E-state index in [1.807, 2.05) is 6.08 Å². The van der Waals surface area contributed by atoms with E-state index in [2.05, 4.69) is 43.5 Å². The van der Waals surface area contributed by atoms with E-state index in [1.54, 1.807) is 6.08 Å². The van der Waals surface area contributed by atoms with Gasteiger partial charge in [-0.2, -0.15) is 0 Å². The maximum Gasteiger partial charge on any atom is 0.305 e. The minimum absolute atomic E-state index is 0.0477. The molecule has 2 unspecified atom stereocenters. The maximum absolute atomic E-state index is 12.5. The van der Waals surface area contributed by atoms with E-state index in [-0.39, 0.29) is 18.5 Å². The monoisotopic (exact) mass is 872 g/mol. The molecule has 0 rings (SSSR count). The van der Waals surface area contributed by atoms with E-state index < -0.39 is 12.1 Å². The van der Waals surface area contributed by atoms with Gasteiger partial charge in [-0.3, -0.25) is 9.59 Å². The zero-order chi connectivity index (χ0) is 45.1. The molecule has 0 bridgehead atoms. The van der Waals surface area contributed by atoms with Crippen LogP contribution < -0.4 is 5.32 Å². The summed E-state index contributed by atoms with van der Waals surface area (Å²) in [6, 6.07) is -0.655. The average Bonchev–Trinajstić information content (AvgIpc) is 3.27. The average molecular weight is 872 g/mol. The molecule has 0 aromatic heterocycles. The van der Waals surface area contributed by atoms with Gasteiger partial charge < -0.3 is 20.3 Å². The molecular formula is C56H105NO5. The highest BCUT2D eigenvalue weighted by Gasteiger charge is 2.18. The van der Waals surface area contributed by atoms with Crippen LogP contribution in [-0.4, -0.2) is 47.4 Å². The van der Waals surface area contributed by atoms with E-state index in [0.717, 1.165) is 77.0 Å². The van der Waals surface area contributed by atoms with Crippen LogP contribution in [0.25, 0.3) is 0 Å². The highest BCUT2D eigenvalue weighted by Crippen LogP contribution is 2.16. The summed E-state index contributed by atoms with van der Waals surface area (Å²) in [7, 11) is 0. The predicted molar refractivity (Wildman–Crippen MR) is 269 cm³/mol. The lowest BCUT2D eigenvalue weighted by Gasteiger charge is -2.20. The van der Waals surface area contributed by atoms with E-state index in [4.69, 9.17) is 4.74 Å². The summed E-state index contributed by atoms with van der Waals surface area (Å²) in [6.07, 6.45) is 63.0. The van der Waals surface area contributed by atoms with Crippen LogP contribution in [-0.2, 0) is 14.3 Å². The second kappa shape index (κ2) is 51.7. The zero-order valence-electron chi connectivity index (χ0n) is 41.4. The summed E-state index contributed by atoms with van der Waals surface area (Å²) >= 11 is 0. The molecule has 364 valence electrons. The van der Waals surface area contributed by atoms with Gasteiger partial charge in [-0.05, 0) is 83.5 Å². The summed E-state index contributed by atoms with van der Waals surface area (Å²) in [5.74, 6) is -0.151. The summed E-state index contributed by atoms with van der Waals surface area (Å²) in [6.45, 7) is 4.80. The van der Waals surface area contributed by atoms with Gasteiger partial charge in [-0.15, -0.1) is 0 Å². The molecule has 2 atom stereocenters. The summed E-state index contributed by atoms with van der Waals surface area (Å²) in [5.41, 5.74) is 0. The largest absolute Gasteiger partial charge is 0.466 e. The molecule has 6 nitrogen and oxygen atoms in total. The first kappa shape index (κ1) is 60.1. The van der Waals surface area contributed by atoms with Crippen LogP contribution in [0, 0.1) is 0 Å². The van der Waals surface area contributed by atoms with Crippen LogP contribution in [0.3, 0.4) is 0 Å². The second-order valence-electron chi connectivity index (χ2n) is 18.5. The predicted octanol–water partition coefficient (Wildman–Crippen LogP) is 16.5. The fraction of sp³-hybridized carbons (Fsp3) is 0.857. The number of carbonyl (C=O) groups is 2. The SMILES string of the molecule is CCCCCC/C=C\CCCCCCCC(=O)OCCCC/C=C\CCCCCCC(=O)NC(CO)C(O)/C=C/CCCCCCCCCCCCCCCCCCCCCC. The minimum Gasteiger partial charge on any atom is -0.466 e. The van der Waals surface area contributed by atoms with Gasteiger partial charge in [-0.1, -0.05) is 224 Å². The number of unbranched alkanes of at least 4 members (excludes halogenated alkanes) is 35. The number of allylic oxidation sites excluding steroid dienone is 5. The third-order valence-electron chi connectivity index (χ3n) is 12.4. The number of ether oxygens (including phenoxy) is 1. The number of amides is 1. The number of hydrogen-bond acceptors (Lipinski definition) is 5. The molecule has 0 aliphatic carbocycles. The lowest BCUT2D eigenvalue weighted by Crippen LogP contribution is -2.45. The lowest BCUT2D eigenvalue weighted by atomic mass is 10.0. The van der Waals surface area contributed by atoms with Crippen LogP contribution in [0.1, 0.15) is 284 Å². The first-order valence-electron chi connectivity index (χ1n) is 27.3. The van der Waals surface area contributed by atoms with Gasteiger partial charge in [0.15, 0.2) is 0 Å². The Hall–Kier alpha value is -1.92. The molecule has 0 aromatic rings. The van der Waals surface area contributed by atoms with Crippen molar-refractivity contribution in [2.45, 2.75) is 296 Å². The Balaban J connectivity index is 3.57. The van der Waals surface area contributed by atoms with Gasteiger partial charge in [0, 0.05) is 12.8 Å². The number of esters is 1. The molecule has 6 heteroatoms. The number of carbonyl (C=O) groups excluding carboxylic acids is 2. The molecule has 0 aliphatic rings. The quantitative estimate of drug-likeness (QED) is 0.0321. The van der Waals surface area contributed by atoms with Gasteiger partial charge in [-0.25, -0.2) is 0 Å². The molecule has 0 radical (unpaired) electrons. The smallest absolute Gasteiger partial charge is 0.305 e. The Bertz CT molecular complexity index is 1010. The fourth-order valence-corrected chi connectivity index (χ4v) is 8.15. The van der Waals surface area contributed by atoms with Crippen molar-refractivity contribution in [3.8, 4) is 0 Å². The van der Waals surface area contributed by atoms with Crippen LogP contribution in [0.15, 0.2) is 36.5 Å². The van der Waals surface area contributed by atoms with E-state index >= 15 is 0 Å². The third-order valence-corrected chi connectivity index (χ3v) is 12.4. The van der Waals surface area contributed by atoms with Crippen LogP contribution in [0.2, 0.25) is 0 Å². The van der Waals surface area contributed by atoms with Crippen LogP contribution in [0.4, 0.5) is 0 Å². The molecule has 0 saturated heterocycles. The Morgan fingerprint density at radius 3 is 1.16 bits per heavy atom. The zero-order valence-corrected chi connectivity index (χ0v) is 41.4. The van der Waals surface area contributed by atoms with Crippen molar-refractivity contribution in [1.29, 1.82) is 0 Å².